The standard InChI is InChI=1S/C17H28N2/c1-13-10-15(3)16(11-14(13)2)12-17(4,5)19-8-6-18-7-9-19/h10-11,18H,6-9,12H2,1-5H3. The number of hydrogen-bond donors (Lipinski definition) is 1. The minimum absolute atomic E-state index is 0.245. The van der Waals surface area contributed by atoms with E-state index in [9.17, 15) is 0 Å². The number of piperazine rings is 1. The Balaban J connectivity index is 2.17. The Bertz CT molecular complexity index is 443. The van der Waals surface area contributed by atoms with Gasteiger partial charge in [0.15, 0.2) is 0 Å². The third kappa shape index (κ3) is 3.37. The largest absolute Gasteiger partial charge is 0.314 e. The maximum atomic E-state index is 3.44. The number of hydrogen-bond acceptors (Lipinski definition) is 2. The maximum absolute atomic E-state index is 3.44. The van der Waals surface area contributed by atoms with E-state index < -0.39 is 0 Å². The predicted molar refractivity (Wildman–Crippen MR) is 82.9 cm³/mol. The molecular formula is C17H28N2. The summed E-state index contributed by atoms with van der Waals surface area (Å²) in [5.74, 6) is 0. The summed E-state index contributed by atoms with van der Waals surface area (Å²) in [4.78, 5) is 2.62. The van der Waals surface area contributed by atoms with Crippen LogP contribution in [0.15, 0.2) is 12.1 Å². The zero-order valence-electron chi connectivity index (χ0n) is 13.1. The molecule has 2 heteroatoms. The van der Waals surface area contributed by atoms with Gasteiger partial charge >= 0.3 is 0 Å². The average Bonchev–Trinajstić information content (AvgIpc) is 2.37. The van der Waals surface area contributed by atoms with Gasteiger partial charge in [-0.15, -0.1) is 0 Å². The van der Waals surface area contributed by atoms with Crippen LogP contribution in [0.1, 0.15) is 36.1 Å². The average molecular weight is 260 g/mol. The zero-order valence-corrected chi connectivity index (χ0v) is 13.1. The van der Waals surface area contributed by atoms with Gasteiger partial charge in [0.25, 0.3) is 0 Å². The highest BCUT2D eigenvalue weighted by atomic mass is 15.2. The Morgan fingerprint density at radius 1 is 1.00 bits per heavy atom. The first kappa shape index (κ1) is 14.5. The van der Waals surface area contributed by atoms with Crippen LogP contribution in [0.4, 0.5) is 0 Å². The third-order valence-corrected chi connectivity index (χ3v) is 4.55. The van der Waals surface area contributed by atoms with Crippen LogP contribution in [0.25, 0.3) is 0 Å². The molecule has 0 unspecified atom stereocenters. The molecule has 1 aromatic carbocycles. The quantitative estimate of drug-likeness (QED) is 0.899. The Labute approximate surface area is 118 Å². The summed E-state index contributed by atoms with van der Waals surface area (Å²) < 4.78 is 0. The van der Waals surface area contributed by atoms with Crippen LogP contribution >= 0.6 is 0 Å². The zero-order chi connectivity index (χ0) is 14.0. The van der Waals surface area contributed by atoms with Crippen LogP contribution in [0.2, 0.25) is 0 Å². The maximum Gasteiger partial charge on any atom is 0.0194 e. The molecule has 0 radical (unpaired) electrons. The summed E-state index contributed by atoms with van der Waals surface area (Å²) in [7, 11) is 0. The van der Waals surface area contributed by atoms with E-state index in [-0.39, 0.29) is 5.54 Å². The number of aryl methyl sites for hydroxylation is 3. The lowest BCUT2D eigenvalue weighted by atomic mass is 9.88. The lowest BCUT2D eigenvalue weighted by Crippen LogP contribution is -2.54. The van der Waals surface area contributed by atoms with Gasteiger partial charge in [0.05, 0.1) is 0 Å². The Hall–Kier alpha value is -0.860. The molecule has 1 fully saturated rings. The van der Waals surface area contributed by atoms with Gasteiger partial charge in [0.2, 0.25) is 0 Å². The van der Waals surface area contributed by atoms with Crippen molar-refractivity contribution in [3.8, 4) is 0 Å². The highest BCUT2D eigenvalue weighted by molar-refractivity contribution is 5.37. The molecule has 1 N–H and O–H groups in total. The van der Waals surface area contributed by atoms with Gasteiger partial charge in [0.1, 0.15) is 0 Å². The van der Waals surface area contributed by atoms with Crippen LogP contribution in [0, 0.1) is 20.8 Å². The van der Waals surface area contributed by atoms with E-state index in [1.165, 1.54) is 22.3 Å². The van der Waals surface area contributed by atoms with Crippen LogP contribution in [-0.2, 0) is 6.42 Å². The molecule has 2 rings (SSSR count). The number of rotatable bonds is 3. The van der Waals surface area contributed by atoms with Crippen LogP contribution in [0.3, 0.4) is 0 Å². The minimum atomic E-state index is 0.245. The SMILES string of the molecule is Cc1cc(C)c(CC(C)(C)N2CCNCC2)cc1C. The first-order chi connectivity index (χ1) is 8.90. The van der Waals surface area contributed by atoms with E-state index in [4.69, 9.17) is 0 Å². The second-order valence-corrected chi connectivity index (χ2v) is 6.59. The fourth-order valence-electron chi connectivity index (χ4n) is 3.06. The number of benzene rings is 1. The van der Waals surface area contributed by atoms with E-state index in [0.29, 0.717) is 0 Å². The minimum Gasteiger partial charge on any atom is -0.314 e. The summed E-state index contributed by atoms with van der Waals surface area (Å²) >= 11 is 0. The molecule has 1 saturated heterocycles. The van der Waals surface area contributed by atoms with Gasteiger partial charge in [-0.05, 0) is 63.3 Å². The summed E-state index contributed by atoms with van der Waals surface area (Å²) in [5, 5.41) is 3.44. The summed E-state index contributed by atoms with van der Waals surface area (Å²) in [6.07, 6.45) is 1.14. The van der Waals surface area contributed by atoms with E-state index in [2.05, 4.69) is 57.0 Å². The van der Waals surface area contributed by atoms with Gasteiger partial charge in [-0.2, -0.15) is 0 Å². The predicted octanol–water partition coefficient (Wildman–Crippen LogP) is 2.84. The van der Waals surface area contributed by atoms with Crippen LogP contribution < -0.4 is 5.32 Å². The van der Waals surface area contributed by atoms with Crippen molar-refractivity contribution in [1.82, 2.24) is 10.2 Å². The lowest BCUT2D eigenvalue weighted by Gasteiger charge is -2.41. The van der Waals surface area contributed by atoms with E-state index in [1.807, 2.05) is 0 Å². The van der Waals surface area contributed by atoms with Crippen molar-refractivity contribution in [1.29, 1.82) is 0 Å². The molecule has 0 spiro atoms. The molecule has 0 aliphatic carbocycles. The van der Waals surface area contributed by atoms with Crippen molar-refractivity contribution in [3.63, 3.8) is 0 Å². The van der Waals surface area contributed by atoms with Gasteiger partial charge in [0, 0.05) is 31.7 Å². The molecule has 2 nitrogen and oxygen atoms in total. The smallest absolute Gasteiger partial charge is 0.0194 e. The Kier molecular flexibility index (Phi) is 4.32. The molecule has 1 heterocycles. The molecule has 0 atom stereocenters. The monoisotopic (exact) mass is 260 g/mol. The molecular weight excluding hydrogens is 232 g/mol. The van der Waals surface area contributed by atoms with E-state index in [0.717, 1.165) is 32.6 Å². The summed E-state index contributed by atoms with van der Waals surface area (Å²) in [5.41, 5.74) is 6.00. The highest BCUT2D eigenvalue weighted by Crippen LogP contribution is 2.24. The molecule has 1 aliphatic heterocycles. The Morgan fingerprint density at radius 2 is 1.58 bits per heavy atom. The van der Waals surface area contributed by atoms with Gasteiger partial charge in [-0.1, -0.05) is 12.1 Å². The second kappa shape index (κ2) is 5.64. The van der Waals surface area contributed by atoms with Gasteiger partial charge < -0.3 is 5.32 Å². The second-order valence-electron chi connectivity index (χ2n) is 6.59. The van der Waals surface area contributed by atoms with Gasteiger partial charge in [-0.3, -0.25) is 4.90 Å². The topological polar surface area (TPSA) is 15.3 Å². The van der Waals surface area contributed by atoms with Gasteiger partial charge in [-0.25, -0.2) is 0 Å². The third-order valence-electron chi connectivity index (χ3n) is 4.55. The lowest BCUT2D eigenvalue weighted by molar-refractivity contribution is 0.103. The fraction of sp³-hybridized carbons (Fsp3) is 0.647. The van der Waals surface area contributed by atoms with Crippen molar-refractivity contribution in [2.75, 3.05) is 26.2 Å². The van der Waals surface area contributed by atoms with Crippen molar-refractivity contribution < 1.29 is 0 Å². The van der Waals surface area contributed by atoms with Crippen LogP contribution in [0.5, 0.6) is 0 Å². The molecule has 19 heavy (non-hydrogen) atoms. The van der Waals surface area contributed by atoms with E-state index in [1.54, 1.807) is 0 Å². The Morgan fingerprint density at radius 3 is 2.21 bits per heavy atom. The first-order valence-electron chi connectivity index (χ1n) is 7.42. The van der Waals surface area contributed by atoms with Crippen molar-refractivity contribution >= 4 is 0 Å². The fourth-order valence-corrected chi connectivity index (χ4v) is 3.06. The van der Waals surface area contributed by atoms with Crippen LogP contribution in [-0.4, -0.2) is 36.6 Å². The normalized spacial score (nSPS) is 17.7. The van der Waals surface area contributed by atoms with Crippen molar-refractivity contribution in [2.45, 2.75) is 46.6 Å². The van der Waals surface area contributed by atoms with Crippen molar-refractivity contribution in [2.24, 2.45) is 0 Å². The first-order valence-corrected chi connectivity index (χ1v) is 7.42. The molecule has 1 aliphatic rings. The molecule has 0 bridgehead atoms. The van der Waals surface area contributed by atoms with E-state index >= 15 is 0 Å². The number of nitrogens with zero attached hydrogens (tertiary/aromatic N) is 1. The molecule has 0 aromatic heterocycles. The molecule has 0 saturated carbocycles. The molecule has 1 aromatic rings. The summed E-state index contributed by atoms with van der Waals surface area (Å²) in [6.45, 7) is 16.0. The number of nitrogens with one attached hydrogen (secondary N) is 1. The molecule has 106 valence electrons. The van der Waals surface area contributed by atoms with Crippen molar-refractivity contribution in [3.05, 3.63) is 34.4 Å². The summed E-state index contributed by atoms with van der Waals surface area (Å²) in [6, 6.07) is 4.72. The highest BCUT2D eigenvalue weighted by Gasteiger charge is 2.28. The molecule has 0 amide bonds.